The molecule has 8 nitrogen and oxygen atoms in total. The number of carbonyl (C=O) groups excluding carboxylic acids is 2. The summed E-state index contributed by atoms with van der Waals surface area (Å²) in [5, 5.41) is 3.38. The van der Waals surface area contributed by atoms with Crippen LogP contribution in [0.5, 0.6) is 5.75 Å². The van der Waals surface area contributed by atoms with Gasteiger partial charge in [-0.15, -0.1) is 0 Å². The molecule has 0 aliphatic carbocycles. The van der Waals surface area contributed by atoms with E-state index < -0.39 is 28.5 Å². The van der Waals surface area contributed by atoms with Crippen LogP contribution in [0.2, 0.25) is 5.02 Å². The van der Waals surface area contributed by atoms with Crippen molar-refractivity contribution in [2.45, 2.75) is 57.6 Å². The SMILES string of the molecule is COc1ccc(C)cc1N(CC(=O)N(Cc1ccccc1Cl)[C@@H](Cc1ccccc1)C(=O)NC(C)C)S(=O)(=O)c1ccc(C)cc1. The van der Waals surface area contributed by atoms with Crippen molar-refractivity contribution in [1.29, 1.82) is 0 Å². The zero-order valence-electron chi connectivity index (χ0n) is 26.7. The van der Waals surface area contributed by atoms with Gasteiger partial charge in [0.15, 0.2) is 0 Å². The Morgan fingerprint density at radius 1 is 0.870 bits per heavy atom. The molecule has 0 saturated carbocycles. The minimum Gasteiger partial charge on any atom is -0.495 e. The smallest absolute Gasteiger partial charge is 0.264 e. The molecule has 0 aromatic heterocycles. The molecule has 1 N–H and O–H groups in total. The number of ether oxygens (including phenoxy) is 1. The summed E-state index contributed by atoms with van der Waals surface area (Å²) in [6, 6.07) is 26.9. The Morgan fingerprint density at radius 3 is 2.13 bits per heavy atom. The average molecular weight is 662 g/mol. The van der Waals surface area contributed by atoms with Gasteiger partial charge in [0.25, 0.3) is 10.0 Å². The van der Waals surface area contributed by atoms with Gasteiger partial charge in [0, 0.05) is 24.0 Å². The normalized spacial score (nSPS) is 12.0. The highest BCUT2D eigenvalue weighted by Crippen LogP contribution is 2.34. The van der Waals surface area contributed by atoms with E-state index in [0.717, 1.165) is 21.0 Å². The molecular weight excluding hydrogens is 622 g/mol. The Morgan fingerprint density at radius 2 is 1.50 bits per heavy atom. The zero-order valence-corrected chi connectivity index (χ0v) is 28.3. The lowest BCUT2D eigenvalue weighted by Crippen LogP contribution is -2.54. The number of rotatable bonds is 13. The maximum atomic E-state index is 14.6. The molecule has 0 unspecified atom stereocenters. The lowest BCUT2D eigenvalue weighted by molar-refractivity contribution is -0.140. The molecule has 0 saturated heterocycles. The van der Waals surface area contributed by atoms with Crippen molar-refractivity contribution < 1.29 is 22.7 Å². The van der Waals surface area contributed by atoms with Crippen molar-refractivity contribution in [3.63, 3.8) is 0 Å². The highest BCUT2D eigenvalue weighted by atomic mass is 35.5. The quantitative estimate of drug-likeness (QED) is 0.181. The Bertz CT molecular complexity index is 1760. The second kappa shape index (κ2) is 15.3. The van der Waals surface area contributed by atoms with Crippen LogP contribution in [0.3, 0.4) is 0 Å². The van der Waals surface area contributed by atoms with Crippen LogP contribution >= 0.6 is 11.6 Å². The molecule has 2 amide bonds. The Balaban J connectivity index is 1.86. The highest BCUT2D eigenvalue weighted by molar-refractivity contribution is 7.92. The monoisotopic (exact) mass is 661 g/mol. The first-order chi connectivity index (χ1) is 21.9. The second-order valence-corrected chi connectivity index (χ2v) is 13.8. The summed E-state index contributed by atoms with van der Waals surface area (Å²) >= 11 is 6.56. The van der Waals surface area contributed by atoms with Gasteiger partial charge in [0.2, 0.25) is 11.8 Å². The summed E-state index contributed by atoms with van der Waals surface area (Å²) in [5.74, 6) is -0.663. The first-order valence-corrected chi connectivity index (χ1v) is 16.8. The average Bonchev–Trinajstić information content (AvgIpc) is 3.02. The van der Waals surface area contributed by atoms with Gasteiger partial charge in [-0.05, 0) is 74.7 Å². The summed E-state index contributed by atoms with van der Waals surface area (Å²) in [7, 11) is -2.83. The minimum atomic E-state index is -4.27. The molecule has 0 bridgehead atoms. The lowest BCUT2D eigenvalue weighted by Gasteiger charge is -2.34. The number of hydrogen-bond acceptors (Lipinski definition) is 5. The predicted octanol–water partition coefficient (Wildman–Crippen LogP) is 6.33. The Kier molecular flexibility index (Phi) is 11.5. The molecule has 0 radical (unpaired) electrons. The van der Waals surface area contributed by atoms with Crippen molar-refractivity contribution in [2.24, 2.45) is 0 Å². The van der Waals surface area contributed by atoms with E-state index in [1.54, 1.807) is 54.6 Å². The van der Waals surface area contributed by atoms with Crippen LogP contribution in [-0.4, -0.2) is 50.9 Å². The van der Waals surface area contributed by atoms with E-state index in [4.69, 9.17) is 16.3 Å². The fraction of sp³-hybridized carbons (Fsp3) is 0.278. The van der Waals surface area contributed by atoms with Crippen LogP contribution in [-0.2, 0) is 32.6 Å². The molecular formula is C36H40ClN3O5S. The highest BCUT2D eigenvalue weighted by Gasteiger charge is 2.36. The van der Waals surface area contributed by atoms with Gasteiger partial charge >= 0.3 is 0 Å². The van der Waals surface area contributed by atoms with Gasteiger partial charge in [-0.25, -0.2) is 8.42 Å². The van der Waals surface area contributed by atoms with E-state index >= 15 is 0 Å². The van der Waals surface area contributed by atoms with E-state index in [0.29, 0.717) is 10.6 Å². The molecule has 0 fully saturated rings. The number of methoxy groups -OCH3 is 1. The van der Waals surface area contributed by atoms with E-state index in [9.17, 15) is 18.0 Å². The zero-order chi connectivity index (χ0) is 33.4. The number of nitrogens with zero attached hydrogens (tertiary/aromatic N) is 2. The Hall–Kier alpha value is -4.34. The molecule has 0 heterocycles. The summed E-state index contributed by atoms with van der Waals surface area (Å²) in [4.78, 5) is 29.9. The number of hydrogen-bond donors (Lipinski definition) is 1. The second-order valence-electron chi connectivity index (χ2n) is 11.5. The van der Waals surface area contributed by atoms with E-state index in [-0.39, 0.29) is 41.2 Å². The van der Waals surface area contributed by atoms with Crippen LogP contribution in [0.4, 0.5) is 5.69 Å². The molecule has 1 atom stereocenters. The topological polar surface area (TPSA) is 96.0 Å². The maximum absolute atomic E-state index is 14.6. The number of aryl methyl sites for hydroxylation is 2. The molecule has 4 rings (SSSR count). The van der Waals surface area contributed by atoms with Gasteiger partial charge in [-0.2, -0.15) is 0 Å². The van der Waals surface area contributed by atoms with Gasteiger partial charge < -0.3 is 15.0 Å². The number of carbonyl (C=O) groups is 2. The third-order valence-electron chi connectivity index (χ3n) is 7.49. The first-order valence-electron chi connectivity index (χ1n) is 15.0. The number of anilines is 1. The van der Waals surface area contributed by atoms with Crippen molar-refractivity contribution >= 4 is 39.1 Å². The van der Waals surface area contributed by atoms with Crippen molar-refractivity contribution in [1.82, 2.24) is 10.2 Å². The molecule has 242 valence electrons. The summed E-state index contributed by atoms with van der Waals surface area (Å²) < 4.78 is 35.3. The maximum Gasteiger partial charge on any atom is 0.264 e. The summed E-state index contributed by atoms with van der Waals surface area (Å²) in [6.45, 7) is 6.76. The first kappa shape index (κ1) is 34.5. The number of halogens is 1. The standard InChI is InChI=1S/C36H40ClN3O5S/c1-25(2)38-36(42)33(22-28-11-7-6-8-12-28)39(23-29-13-9-10-14-31(29)37)35(41)24-40(32-21-27(4)17-20-34(32)45-5)46(43,44)30-18-15-26(3)16-19-30/h6-21,25,33H,22-24H2,1-5H3,(H,38,42)/t33-/m0/s1. The fourth-order valence-corrected chi connectivity index (χ4v) is 6.70. The van der Waals surface area contributed by atoms with Crippen LogP contribution in [0.25, 0.3) is 0 Å². The molecule has 4 aromatic carbocycles. The van der Waals surface area contributed by atoms with Gasteiger partial charge in [0.1, 0.15) is 18.3 Å². The van der Waals surface area contributed by atoms with Gasteiger partial charge in [-0.1, -0.05) is 83.9 Å². The molecule has 0 spiro atoms. The molecule has 10 heteroatoms. The lowest BCUT2D eigenvalue weighted by atomic mass is 10.0. The molecule has 0 aliphatic rings. The number of amides is 2. The molecule has 0 aliphatic heterocycles. The van der Waals surface area contributed by atoms with Crippen molar-refractivity contribution in [3.05, 3.63) is 124 Å². The van der Waals surface area contributed by atoms with Crippen LogP contribution in [0, 0.1) is 13.8 Å². The Labute approximate surface area is 277 Å². The van der Waals surface area contributed by atoms with Crippen LogP contribution < -0.4 is 14.4 Å². The van der Waals surface area contributed by atoms with Crippen LogP contribution in [0.15, 0.2) is 102 Å². The third-order valence-corrected chi connectivity index (χ3v) is 9.63. The third kappa shape index (κ3) is 8.47. The number of benzene rings is 4. The van der Waals surface area contributed by atoms with Crippen LogP contribution in [0.1, 0.15) is 36.1 Å². The van der Waals surface area contributed by atoms with E-state index in [1.165, 1.54) is 24.1 Å². The summed E-state index contributed by atoms with van der Waals surface area (Å²) in [5.41, 5.74) is 3.33. The minimum absolute atomic E-state index is 0.0190. The number of sulfonamides is 1. The van der Waals surface area contributed by atoms with E-state index in [1.807, 2.05) is 58.0 Å². The number of nitrogens with one attached hydrogen (secondary N) is 1. The van der Waals surface area contributed by atoms with Crippen molar-refractivity contribution in [3.8, 4) is 5.75 Å². The fourth-order valence-electron chi connectivity index (χ4n) is 5.09. The summed E-state index contributed by atoms with van der Waals surface area (Å²) in [6.07, 6.45) is 0.202. The molecule has 4 aromatic rings. The largest absolute Gasteiger partial charge is 0.495 e. The van der Waals surface area contributed by atoms with E-state index in [2.05, 4.69) is 5.32 Å². The van der Waals surface area contributed by atoms with Crippen molar-refractivity contribution in [2.75, 3.05) is 18.0 Å². The molecule has 46 heavy (non-hydrogen) atoms. The predicted molar refractivity (Wildman–Crippen MR) is 183 cm³/mol. The van der Waals surface area contributed by atoms with Gasteiger partial charge in [0.05, 0.1) is 17.7 Å². The van der Waals surface area contributed by atoms with Gasteiger partial charge in [-0.3, -0.25) is 13.9 Å².